The zero-order valence-corrected chi connectivity index (χ0v) is 20.6. The van der Waals surface area contributed by atoms with Crippen LogP contribution in [0.3, 0.4) is 0 Å². The molecule has 3 aromatic carbocycles. The molecule has 0 spiro atoms. The van der Waals surface area contributed by atoms with Crippen LogP contribution in [-0.2, 0) is 21.4 Å². The van der Waals surface area contributed by atoms with Crippen molar-refractivity contribution in [2.75, 3.05) is 33.1 Å². The highest BCUT2D eigenvalue weighted by Crippen LogP contribution is 2.51. The molecule has 1 amide bonds. The highest BCUT2D eigenvalue weighted by atomic mass is 35.5. The summed E-state index contributed by atoms with van der Waals surface area (Å²) in [5.41, 5.74) is 3.85. The number of carbonyl (C=O) groups is 2. The molecule has 0 radical (unpaired) electrons. The molecule has 2 heterocycles. The smallest absolute Gasteiger partial charge is 0.254 e. The number of Topliss-reactive ketones (excluding diaryl/α,β-unsaturated/α-hetero) is 1. The number of hydrogen-bond donors (Lipinski definition) is 0. The van der Waals surface area contributed by atoms with Crippen molar-refractivity contribution in [1.29, 1.82) is 0 Å². The first kappa shape index (κ1) is 23.1. The fourth-order valence-corrected chi connectivity index (χ4v) is 5.27. The first-order chi connectivity index (χ1) is 17.5. The predicted octanol–water partition coefficient (Wildman–Crippen LogP) is 5.05. The van der Waals surface area contributed by atoms with E-state index in [1.807, 2.05) is 65.6 Å². The Labute approximate surface area is 214 Å². The third kappa shape index (κ3) is 4.25. The van der Waals surface area contributed by atoms with E-state index in [1.54, 1.807) is 0 Å². The molecule has 3 aliphatic rings. The fourth-order valence-electron chi connectivity index (χ4n) is 5.05. The van der Waals surface area contributed by atoms with Gasteiger partial charge in [-0.05, 0) is 65.9 Å². The molecule has 0 aromatic heterocycles. The maximum absolute atomic E-state index is 13.4. The summed E-state index contributed by atoms with van der Waals surface area (Å²) in [6.07, 6.45) is 2.00. The first-order valence-corrected chi connectivity index (χ1v) is 12.6. The van der Waals surface area contributed by atoms with Gasteiger partial charge in [-0.25, -0.2) is 0 Å². The number of ether oxygens (including phenoxy) is 3. The summed E-state index contributed by atoms with van der Waals surface area (Å²) in [6, 6.07) is 19.0. The van der Waals surface area contributed by atoms with Gasteiger partial charge in [0.15, 0.2) is 11.5 Å². The Morgan fingerprint density at radius 1 is 0.889 bits per heavy atom. The van der Waals surface area contributed by atoms with E-state index in [2.05, 4.69) is 0 Å². The lowest BCUT2D eigenvalue weighted by Gasteiger charge is -2.26. The van der Waals surface area contributed by atoms with Crippen LogP contribution < -0.4 is 9.47 Å². The second kappa shape index (κ2) is 9.26. The summed E-state index contributed by atoms with van der Waals surface area (Å²) in [5.74, 6) is 1.63. The molecule has 0 atom stereocenters. The Balaban J connectivity index is 1.20. The summed E-state index contributed by atoms with van der Waals surface area (Å²) < 4.78 is 16.3. The van der Waals surface area contributed by atoms with E-state index in [0.29, 0.717) is 49.1 Å². The summed E-state index contributed by atoms with van der Waals surface area (Å²) >= 11 is 6.54. The van der Waals surface area contributed by atoms with Gasteiger partial charge in [0.2, 0.25) is 6.79 Å². The van der Waals surface area contributed by atoms with Crippen LogP contribution in [-0.4, -0.2) is 49.7 Å². The van der Waals surface area contributed by atoms with Crippen molar-refractivity contribution in [1.82, 2.24) is 4.90 Å². The Bertz CT molecular complexity index is 1330. The van der Waals surface area contributed by atoms with Gasteiger partial charge in [-0.1, -0.05) is 35.9 Å². The van der Waals surface area contributed by atoms with Crippen molar-refractivity contribution in [3.8, 4) is 22.6 Å². The second-order valence-corrected chi connectivity index (χ2v) is 9.95. The first-order valence-electron chi connectivity index (χ1n) is 12.2. The number of halogens is 1. The maximum atomic E-state index is 13.4. The van der Waals surface area contributed by atoms with Gasteiger partial charge in [-0.15, -0.1) is 0 Å². The number of fused-ring (bicyclic) bond motifs is 1. The van der Waals surface area contributed by atoms with Crippen molar-refractivity contribution in [3.05, 3.63) is 82.4 Å². The van der Waals surface area contributed by atoms with E-state index < -0.39 is 5.41 Å². The number of benzene rings is 3. The SMILES string of the molecule is O=C(c1ccc(-c2cc(CC(=O)C3(c4ccc5c(c4)OCO5)CC3)ccc2Cl)cc1)N1CCOCC1. The molecule has 2 aliphatic heterocycles. The fraction of sp³-hybridized carbons (Fsp3) is 0.310. The molecule has 0 bridgehead atoms. The van der Waals surface area contributed by atoms with Gasteiger partial charge >= 0.3 is 0 Å². The Kier molecular flexibility index (Phi) is 5.94. The topological polar surface area (TPSA) is 65.1 Å². The van der Waals surface area contributed by atoms with Gasteiger partial charge in [-0.2, -0.15) is 0 Å². The van der Waals surface area contributed by atoms with Gasteiger partial charge < -0.3 is 19.1 Å². The quantitative estimate of drug-likeness (QED) is 0.471. The molecule has 6 nitrogen and oxygen atoms in total. The van der Waals surface area contributed by atoms with Crippen molar-refractivity contribution in [2.45, 2.75) is 24.7 Å². The van der Waals surface area contributed by atoms with Crippen LogP contribution in [0.15, 0.2) is 60.7 Å². The molecule has 36 heavy (non-hydrogen) atoms. The number of morpholine rings is 1. The lowest BCUT2D eigenvalue weighted by Crippen LogP contribution is -2.40. The third-order valence-corrected chi connectivity index (χ3v) is 7.68. The number of rotatable bonds is 6. The molecular weight excluding hydrogens is 478 g/mol. The van der Waals surface area contributed by atoms with E-state index in [4.69, 9.17) is 25.8 Å². The molecule has 184 valence electrons. The molecule has 0 unspecified atom stereocenters. The summed E-state index contributed by atoms with van der Waals surface area (Å²) in [5, 5.41) is 0.607. The molecular formula is C29H26ClNO5. The van der Waals surface area contributed by atoms with Crippen LogP contribution in [0, 0.1) is 0 Å². The van der Waals surface area contributed by atoms with Crippen LogP contribution in [0.1, 0.15) is 34.3 Å². The molecule has 7 heteroatoms. The van der Waals surface area contributed by atoms with Crippen LogP contribution in [0.5, 0.6) is 11.5 Å². The van der Waals surface area contributed by atoms with E-state index in [-0.39, 0.29) is 18.5 Å². The lowest BCUT2D eigenvalue weighted by atomic mass is 9.87. The summed E-state index contributed by atoms with van der Waals surface area (Å²) in [6.45, 7) is 2.57. The predicted molar refractivity (Wildman–Crippen MR) is 136 cm³/mol. The van der Waals surface area contributed by atoms with Crippen molar-refractivity contribution in [3.63, 3.8) is 0 Å². The van der Waals surface area contributed by atoms with E-state index >= 15 is 0 Å². The zero-order chi connectivity index (χ0) is 24.7. The lowest BCUT2D eigenvalue weighted by molar-refractivity contribution is -0.120. The number of hydrogen-bond acceptors (Lipinski definition) is 5. The Hall–Kier alpha value is -3.35. The third-order valence-electron chi connectivity index (χ3n) is 7.35. The number of nitrogens with zero attached hydrogens (tertiary/aromatic N) is 1. The van der Waals surface area contributed by atoms with E-state index in [1.165, 1.54) is 0 Å². The Morgan fingerprint density at radius 3 is 2.39 bits per heavy atom. The van der Waals surface area contributed by atoms with Crippen molar-refractivity contribution >= 4 is 23.3 Å². The highest BCUT2D eigenvalue weighted by molar-refractivity contribution is 6.33. The van der Waals surface area contributed by atoms with Crippen LogP contribution in [0.25, 0.3) is 11.1 Å². The average Bonchev–Trinajstić information content (AvgIpc) is 3.60. The van der Waals surface area contributed by atoms with E-state index in [9.17, 15) is 9.59 Å². The highest BCUT2D eigenvalue weighted by Gasteiger charge is 2.50. The minimum atomic E-state index is -0.456. The molecule has 1 aliphatic carbocycles. The van der Waals surface area contributed by atoms with Crippen LogP contribution in [0.2, 0.25) is 5.02 Å². The van der Waals surface area contributed by atoms with Gasteiger partial charge in [0.05, 0.1) is 18.6 Å². The standard InChI is InChI=1S/C29H26ClNO5/c30-24-7-1-19(16-27(32)29(9-10-29)22-6-8-25-26(17-22)36-18-35-25)15-23(24)20-2-4-21(5-3-20)28(33)31-11-13-34-14-12-31/h1-8,15,17H,9-14,16,18H2. The molecule has 0 N–H and O–H groups in total. The van der Waals surface area contributed by atoms with Gasteiger partial charge in [-0.3, -0.25) is 9.59 Å². The molecule has 3 aromatic rings. The van der Waals surface area contributed by atoms with Crippen molar-refractivity contribution in [2.24, 2.45) is 0 Å². The summed E-state index contributed by atoms with van der Waals surface area (Å²) in [7, 11) is 0. The average molecular weight is 504 g/mol. The van der Waals surface area contributed by atoms with Crippen LogP contribution in [0.4, 0.5) is 0 Å². The van der Waals surface area contributed by atoms with Crippen LogP contribution >= 0.6 is 11.6 Å². The minimum absolute atomic E-state index is 0.00791. The number of ketones is 1. The van der Waals surface area contributed by atoms with Gasteiger partial charge in [0.1, 0.15) is 5.78 Å². The van der Waals surface area contributed by atoms with Gasteiger partial charge in [0, 0.05) is 35.7 Å². The number of carbonyl (C=O) groups excluding carboxylic acids is 2. The molecule has 6 rings (SSSR count). The number of amides is 1. The normalized spacial score (nSPS) is 17.6. The monoisotopic (exact) mass is 503 g/mol. The maximum Gasteiger partial charge on any atom is 0.254 e. The summed E-state index contributed by atoms with van der Waals surface area (Å²) in [4.78, 5) is 28.0. The largest absolute Gasteiger partial charge is 0.454 e. The second-order valence-electron chi connectivity index (χ2n) is 9.55. The van der Waals surface area contributed by atoms with E-state index in [0.717, 1.165) is 40.8 Å². The van der Waals surface area contributed by atoms with Gasteiger partial charge in [0.25, 0.3) is 5.91 Å². The Morgan fingerprint density at radius 2 is 1.64 bits per heavy atom. The minimum Gasteiger partial charge on any atom is -0.454 e. The van der Waals surface area contributed by atoms with Crippen molar-refractivity contribution < 1.29 is 23.8 Å². The zero-order valence-electron chi connectivity index (χ0n) is 19.8. The molecule has 2 fully saturated rings. The molecule has 1 saturated carbocycles. The molecule has 1 saturated heterocycles.